The van der Waals surface area contributed by atoms with Crippen LogP contribution in [0.15, 0.2) is 125 Å². The average molecular weight is 1420 g/mol. The number of carbonyl (C=O) groups is 2. The van der Waals surface area contributed by atoms with E-state index in [1.54, 1.807) is 48.5 Å². The van der Waals surface area contributed by atoms with E-state index in [1.165, 1.54) is 0 Å². The zero-order valence-electron chi connectivity index (χ0n) is 22.6. The molecule has 0 saturated carbocycles. The number of hydrogen-bond acceptors (Lipinski definition) is 6. The highest BCUT2D eigenvalue weighted by Crippen LogP contribution is 2.45. The van der Waals surface area contributed by atoms with Gasteiger partial charge in [0.15, 0.2) is 0 Å². The molecule has 0 bridgehead atoms. The van der Waals surface area contributed by atoms with Crippen LogP contribution >= 0.6 is 191 Å². The number of carbonyl (C=O) groups excluding carboxylic acids is 2. The van der Waals surface area contributed by atoms with Crippen molar-refractivity contribution in [3.05, 3.63) is 125 Å². The first-order valence-corrected chi connectivity index (χ1v) is 22.0. The van der Waals surface area contributed by atoms with E-state index in [1.807, 2.05) is 0 Å². The van der Waals surface area contributed by atoms with E-state index >= 15 is 0 Å². The zero-order valence-corrected chi connectivity index (χ0v) is 41.6. The fraction of sp³-hybridized carbons (Fsp3) is 0. The normalized spacial score (nSPS) is 13.3. The van der Waals surface area contributed by atoms with Crippen molar-refractivity contribution in [3.63, 3.8) is 0 Å². The van der Waals surface area contributed by atoms with Crippen molar-refractivity contribution in [2.75, 3.05) is 0 Å². The summed E-state index contributed by atoms with van der Waals surface area (Å²) in [5, 5.41) is 0. The van der Waals surface area contributed by atoms with E-state index < -0.39 is 34.6 Å². The quantitative estimate of drug-likeness (QED) is 0.129. The third-order valence-electron chi connectivity index (χ3n) is 6.08. The van der Waals surface area contributed by atoms with E-state index in [9.17, 15) is 9.59 Å². The van der Waals surface area contributed by atoms with Crippen LogP contribution in [0.25, 0.3) is 0 Å². The maximum Gasteiger partial charge on any atom is 0.271 e. The monoisotopic (exact) mass is 1410 g/mol. The highest BCUT2D eigenvalue weighted by Gasteiger charge is 2.43. The number of halogens is 12. The number of benzene rings is 4. The Kier molecular flexibility index (Phi) is 13.9. The summed E-state index contributed by atoms with van der Waals surface area (Å²) in [6.07, 6.45) is 0. The largest absolute Gasteiger partial charge is 0.448 e. The number of ether oxygens (including phenoxy) is 4. The summed E-state index contributed by atoms with van der Waals surface area (Å²) in [5.41, 5.74) is 0. The average Bonchev–Trinajstić information content (AvgIpc) is 3.06. The smallest absolute Gasteiger partial charge is 0.271 e. The van der Waals surface area contributed by atoms with Crippen LogP contribution < -0.4 is 18.9 Å². The summed E-state index contributed by atoms with van der Waals surface area (Å²) in [6, 6.07) is 13.3. The van der Waals surface area contributed by atoms with Crippen LogP contribution in [0, 0.1) is 0 Å². The summed E-state index contributed by atoms with van der Waals surface area (Å²) in [4.78, 5) is 29.2. The minimum Gasteiger partial charge on any atom is -0.448 e. The van der Waals surface area contributed by atoms with Gasteiger partial charge in [-0.2, -0.15) is 0 Å². The molecule has 4 aromatic rings. The van der Waals surface area contributed by atoms with E-state index in [0.29, 0.717) is 35.8 Å². The van der Waals surface area contributed by atoms with Crippen LogP contribution in [0.1, 0.15) is 0 Å². The maximum atomic E-state index is 14.6. The molecule has 0 spiro atoms. The van der Waals surface area contributed by atoms with Gasteiger partial charge in [0.2, 0.25) is 23.0 Å². The molecule has 0 radical (unpaired) electrons. The molecule has 0 saturated heterocycles. The first-order valence-electron chi connectivity index (χ1n) is 12.5. The van der Waals surface area contributed by atoms with Gasteiger partial charge < -0.3 is 18.9 Å². The lowest BCUT2D eigenvalue weighted by atomic mass is 10.0. The third-order valence-corrected chi connectivity index (χ3v) is 19.4. The van der Waals surface area contributed by atoms with Crippen molar-refractivity contribution >= 4 is 203 Å². The minimum absolute atomic E-state index is 0.203. The Balaban J connectivity index is 1.74. The minimum atomic E-state index is -0.837. The Morgan fingerprint density at radius 1 is 0.292 bits per heavy atom. The number of hydrogen-bond donors (Lipinski definition) is 0. The first-order chi connectivity index (χ1) is 22.6. The molecule has 0 atom stereocenters. The van der Waals surface area contributed by atoms with Gasteiger partial charge in [0.1, 0.15) is 23.0 Å². The molecule has 0 aromatic heterocycles. The number of rotatable bonds is 8. The highest BCUT2D eigenvalue weighted by atomic mass is 79.9. The number of ketones is 2. The first kappa shape index (κ1) is 39.9. The second kappa shape index (κ2) is 16.8. The van der Waals surface area contributed by atoms with Crippen molar-refractivity contribution in [3.8, 4) is 23.0 Å². The van der Waals surface area contributed by atoms with Gasteiger partial charge in [0.25, 0.3) is 11.6 Å². The Bertz CT molecular complexity index is 1820. The predicted octanol–water partition coefficient (Wildman–Crippen LogP) is 15.0. The molecule has 0 fully saturated rings. The summed E-state index contributed by atoms with van der Waals surface area (Å²) >= 11 is 41.8. The topological polar surface area (TPSA) is 71.1 Å². The summed E-state index contributed by atoms with van der Waals surface area (Å²) < 4.78 is 32.0. The van der Waals surface area contributed by atoms with E-state index in [4.69, 9.17) is 18.9 Å². The molecule has 0 heterocycles. The molecule has 1 aliphatic rings. The van der Waals surface area contributed by atoms with E-state index in [2.05, 4.69) is 191 Å². The van der Waals surface area contributed by atoms with Gasteiger partial charge in [-0.1, -0.05) is 0 Å². The molecular formula is C30H8Br12O6. The Morgan fingerprint density at radius 2 is 0.479 bits per heavy atom. The Labute approximate surface area is 374 Å². The van der Waals surface area contributed by atoms with E-state index in [0.717, 1.165) is 17.9 Å². The zero-order chi connectivity index (χ0) is 35.2. The number of Topliss-reactive ketones (excluding diaryl/α,β-unsaturated/α-hetero) is 2. The van der Waals surface area contributed by atoms with Gasteiger partial charge in [-0.15, -0.1) is 0 Å². The molecule has 0 N–H and O–H groups in total. The molecule has 1 aliphatic carbocycles. The van der Waals surface area contributed by atoms with Crippen LogP contribution in [0.3, 0.4) is 0 Å². The SMILES string of the molecule is O=C1C(Oc2ccc(Br)c(Br)c2Br)=C(Oc2ccc(Br)c(Br)c2Br)C(=O)C(Oc2ccc(Br)c(Br)c2Br)=C1Oc1ccc(Br)c(Br)c1Br. The molecule has 4 aromatic carbocycles. The second-order valence-electron chi connectivity index (χ2n) is 9.08. The molecule has 5 rings (SSSR count). The molecular weight excluding hydrogens is 1420 g/mol. The van der Waals surface area contributed by atoms with Crippen molar-refractivity contribution < 1.29 is 28.5 Å². The summed E-state index contributed by atoms with van der Waals surface area (Å²) in [6.45, 7) is 0. The maximum absolute atomic E-state index is 14.6. The second-order valence-corrected chi connectivity index (χ2v) is 18.8. The van der Waals surface area contributed by atoms with Crippen LogP contribution in [-0.4, -0.2) is 11.6 Å². The van der Waals surface area contributed by atoms with Crippen LogP contribution in [0.5, 0.6) is 23.0 Å². The summed E-state index contributed by atoms with van der Waals surface area (Å²) in [7, 11) is 0. The van der Waals surface area contributed by atoms with Gasteiger partial charge in [0.05, 0.1) is 17.9 Å². The van der Waals surface area contributed by atoms with Crippen LogP contribution in [0.4, 0.5) is 0 Å². The van der Waals surface area contributed by atoms with Gasteiger partial charge in [-0.3, -0.25) is 9.59 Å². The molecule has 48 heavy (non-hydrogen) atoms. The van der Waals surface area contributed by atoms with Crippen LogP contribution in [-0.2, 0) is 9.59 Å². The van der Waals surface area contributed by atoms with Crippen molar-refractivity contribution in [1.29, 1.82) is 0 Å². The third kappa shape index (κ3) is 8.24. The van der Waals surface area contributed by atoms with Crippen molar-refractivity contribution in [2.24, 2.45) is 0 Å². The Hall–Kier alpha value is 0.660. The molecule has 0 aliphatic heterocycles. The molecule has 18 heteroatoms. The van der Waals surface area contributed by atoms with E-state index in [-0.39, 0.29) is 23.0 Å². The van der Waals surface area contributed by atoms with Gasteiger partial charge in [-0.05, 0) is 240 Å². The summed E-state index contributed by atoms with van der Waals surface area (Å²) in [5.74, 6) is -2.67. The predicted molar refractivity (Wildman–Crippen MR) is 225 cm³/mol. The molecule has 248 valence electrons. The lowest BCUT2D eigenvalue weighted by molar-refractivity contribution is -0.122. The fourth-order valence-corrected chi connectivity index (χ4v) is 9.18. The lowest BCUT2D eigenvalue weighted by Crippen LogP contribution is -2.33. The van der Waals surface area contributed by atoms with Crippen LogP contribution in [0.2, 0.25) is 0 Å². The molecule has 6 nitrogen and oxygen atoms in total. The van der Waals surface area contributed by atoms with Gasteiger partial charge in [-0.25, -0.2) is 0 Å². The lowest BCUT2D eigenvalue weighted by Gasteiger charge is -2.25. The molecule has 0 unspecified atom stereocenters. The fourth-order valence-electron chi connectivity index (χ4n) is 3.78. The van der Waals surface area contributed by atoms with Gasteiger partial charge in [0, 0.05) is 35.8 Å². The van der Waals surface area contributed by atoms with Gasteiger partial charge >= 0.3 is 0 Å². The van der Waals surface area contributed by atoms with Crippen molar-refractivity contribution in [1.82, 2.24) is 0 Å². The highest BCUT2D eigenvalue weighted by molar-refractivity contribution is 9.15. The molecule has 0 amide bonds. The Morgan fingerprint density at radius 3 is 0.667 bits per heavy atom. The standard InChI is InChI=1S/C30H8Br12O6/c31-9-1-5-13(21(39)17(9)35)45-27-25(43)29(47-15-7-3-11(33)19(37)23(15)41)30(48-16-8-4-12(34)20(38)24(16)42)26(44)28(27)46-14-6-2-10(32)18(36)22(14)40/h1-8H. The van der Waals surface area contributed by atoms with Crippen molar-refractivity contribution in [2.45, 2.75) is 0 Å².